The van der Waals surface area contributed by atoms with E-state index in [1.807, 2.05) is 31.2 Å². The van der Waals surface area contributed by atoms with Gasteiger partial charge in [0.25, 0.3) is 0 Å². The fourth-order valence-electron chi connectivity index (χ4n) is 3.38. The Labute approximate surface area is 159 Å². The third-order valence-corrected chi connectivity index (χ3v) is 5.96. The third kappa shape index (κ3) is 3.57. The van der Waals surface area contributed by atoms with Crippen molar-refractivity contribution in [1.82, 2.24) is 0 Å². The number of para-hydroxylation sites is 1. The van der Waals surface area contributed by atoms with Gasteiger partial charge in [-0.1, -0.05) is 35.9 Å². The van der Waals surface area contributed by atoms with Crippen LogP contribution in [0.2, 0.25) is 5.02 Å². The normalized spacial score (nSPS) is 16.5. The summed E-state index contributed by atoms with van der Waals surface area (Å²) >= 11 is 6.05. The van der Waals surface area contributed by atoms with E-state index in [9.17, 15) is 13.2 Å². The molecule has 1 aliphatic heterocycles. The van der Waals surface area contributed by atoms with E-state index in [0.29, 0.717) is 10.7 Å². The number of benzene rings is 2. The van der Waals surface area contributed by atoms with E-state index in [1.165, 1.54) is 0 Å². The number of rotatable bonds is 4. The summed E-state index contributed by atoms with van der Waals surface area (Å²) in [6.45, 7) is 3.49. The van der Waals surface area contributed by atoms with Crippen LogP contribution >= 0.6 is 11.6 Å². The molecule has 0 fully saturated rings. The van der Waals surface area contributed by atoms with Crippen molar-refractivity contribution in [1.29, 1.82) is 0 Å². The minimum atomic E-state index is -3.65. The van der Waals surface area contributed by atoms with Crippen molar-refractivity contribution in [3.05, 3.63) is 58.6 Å². The Hall–Kier alpha value is -2.05. The Morgan fingerprint density at radius 2 is 1.96 bits per heavy atom. The summed E-state index contributed by atoms with van der Waals surface area (Å²) in [5.41, 5.74) is 3.11. The molecule has 7 heteroatoms. The van der Waals surface area contributed by atoms with E-state index in [4.69, 9.17) is 11.6 Å². The van der Waals surface area contributed by atoms with Crippen molar-refractivity contribution in [3.63, 3.8) is 0 Å². The minimum Gasteiger partial charge on any atom is -0.307 e. The SMILES string of the molecule is Cc1ccc(Cl)cc1N(CC(=O)N1c2ccccc2C[C@H]1C)S(C)(=O)=O. The summed E-state index contributed by atoms with van der Waals surface area (Å²) in [6.07, 6.45) is 1.86. The van der Waals surface area contributed by atoms with Gasteiger partial charge in [0.1, 0.15) is 6.54 Å². The lowest BCUT2D eigenvalue weighted by Gasteiger charge is -2.28. The number of halogens is 1. The van der Waals surface area contributed by atoms with Crippen molar-refractivity contribution in [2.45, 2.75) is 26.3 Å². The van der Waals surface area contributed by atoms with Gasteiger partial charge in [-0.05, 0) is 49.6 Å². The second-order valence-corrected chi connectivity index (χ2v) is 8.99. The van der Waals surface area contributed by atoms with Crippen molar-refractivity contribution in [2.24, 2.45) is 0 Å². The van der Waals surface area contributed by atoms with Crippen molar-refractivity contribution in [2.75, 3.05) is 22.0 Å². The Morgan fingerprint density at radius 1 is 1.27 bits per heavy atom. The summed E-state index contributed by atoms with van der Waals surface area (Å²) in [7, 11) is -3.65. The highest BCUT2D eigenvalue weighted by molar-refractivity contribution is 7.92. The van der Waals surface area contributed by atoms with Gasteiger partial charge in [0.05, 0.1) is 11.9 Å². The van der Waals surface area contributed by atoms with Crippen LogP contribution in [-0.2, 0) is 21.2 Å². The van der Waals surface area contributed by atoms with Crippen molar-refractivity contribution in [3.8, 4) is 0 Å². The number of amides is 1. The molecule has 26 heavy (non-hydrogen) atoms. The zero-order valence-electron chi connectivity index (χ0n) is 14.9. The highest BCUT2D eigenvalue weighted by Gasteiger charge is 2.33. The van der Waals surface area contributed by atoms with E-state index < -0.39 is 10.0 Å². The number of carbonyl (C=O) groups excluding carboxylic acids is 1. The number of hydrogen-bond acceptors (Lipinski definition) is 3. The highest BCUT2D eigenvalue weighted by Crippen LogP contribution is 2.33. The molecular formula is C19H21ClN2O3S. The van der Waals surface area contributed by atoms with Crippen molar-refractivity contribution >= 4 is 38.9 Å². The van der Waals surface area contributed by atoms with Gasteiger partial charge in [-0.15, -0.1) is 0 Å². The summed E-state index contributed by atoms with van der Waals surface area (Å²) in [5, 5.41) is 0.423. The molecule has 0 radical (unpaired) electrons. The summed E-state index contributed by atoms with van der Waals surface area (Å²) in [4.78, 5) is 14.7. The van der Waals surface area contributed by atoms with Gasteiger partial charge in [0.2, 0.25) is 15.9 Å². The molecule has 0 N–H and O–H groups in total. The number of anilines is 2. The lowest BCUT2D eigenvalue weighted by atomic mass is 10.1. The monoisotopic (exact) mass is 392 g/mol. The molecule has 1 aliphatic rings. The van der Waals surface area contributed by atoms with Crippen LogP contribution in [0.15, 0.2) is 42.5 Å². The first-order valence-electron chi connectivity index (χ1n) is 8.32. The van der Waals surface area contributed by atoms with E-state index in [1.54, 1.807) is 30.0 Å². The Morgan fingerprint density at radius 3 is 2.65 bits per heavy atom. The average molecular weight is 393 g/mol. The molecule has 0 unspecified atom stereocenters. The van der Waals surface area contributed by atoms with Crippen LogP contribution in [-0.4, -0.2) is 33.2 Å². The Kier molecular flexibility index (Phi) is 4.99. The molecule has 1 amide bonds. The van der Waals surface area contributed by atoms with Gasteiger partial charge in [-0.2, -0.15) is 0 Å². The predicted octanol–water partition coefficient (Wildman–Crippen LogP) is 3.39. The number of nitrogens with zero attached hydrogens (tertiary/aromatic N) is 2. The molecule has 0 saturated carbocycles. The van der Waals surface area contributed by atoms with Crippen LogP contribution in [0, 0.1) is 6.92 Å². The van der Waals surface area contributed by atoms with E-state index in [-0.39, 0.29) is 18.5 Å². The summed E-state index contributed by atoms with van der Waals surface area (Å²) < 4.78 is 25.9. The topological polar surface area (TPSA) is 57.7 Å². The van der Waals surface area contributed by atoms with Crippen LogP contribution in [0.25, 0.3) is 0 Å². The zero-order chi connectivity index (χ0) is 19.1. The molecule has 2 aromatic carbocycles. The highest BCUT2D eigenvalue weighted by atomic mass is 35.5. The van der Waals surface area contributed by atoms with Crippen LogP contribution in [0.3, 0.4) is 0 Å². The van der Waals surface area contributed by atoms with Crippen LogP contribution in [0.1, 0.15) is 18.1 Å². The third-order valence-electron chi connectivity index (χ3n) is 4.60. The molecule has 0 aliphatic carbocycles. The molecule has 0 spiro atoms. The van der Waals surface area contributed by atoms with Crippen LogP contribution < -0.4 is 9.21 Å². The largest absolute Gasteiger partial charge is 0.307 e. The first-order chi connectivity index (χ1) is 12.2. The molecule has 0 saturated heterocycles. The van der Waals surface area contributed by atoms with E-state index >= 15 is 0 Å². The molecule has 1 atom stereocenters. The number of fused-ring (bicyclic) bond motifs is 1. The Bertz CT molecular complexity index is 959. The number of aryl methyl sites for hydroxylation is 1. The molecule has 0 bridgehead atoms. The van der Waals surface area contributed by atoms with Gasteiger partial charge in [0, 0.05) is 16.8 Å². The number of hydrogen-bond donors (Lipinski definition) is 0. The maximum atomic E-state index is 13.0. The van der Waals surface area contributed by atoms with E-state index in [0.717, 1.165) is 33.8 Å². The zero-order valence-corrected chi connectivity index (χ0v) is 16.5. The van der Waals surface area contributed by atoms with Gasteiger partial charge < -0.3 is 4.90 Å². The fourth-order valence-corrected chi connectivity index (χ4v) is 4.44. The average Bonchev–Trinajstić information content (AvgIpc) is 2.89. The molecule has 3 rings (SSSR count). The van der Waals surface area contributed by atoms with Gasteiger partial charge in [-0.25, -0.2) is 8.42 Å². The molecular weight excluding hydrogens is 372 g/mol. The second-order valence-electron chi connectivity index (χ2n) is 6.65. The molecule has 2 aromatic rings. The van der Waals surface area contributed by atoms with Gasteiger partial charge >= 0.3 is 0 Å². The number of carbonyl (C=O) groups is 1. The lowest BCUT2D eigenvalue weighted by Crippen LogP contribution is -2.45. The Balaban J connectivity index is 1.96. The van der Waals surface area contributed by atoms with E-state index in [2.05, 4.69) is 0 Å². The second kappa shape index (κ2) is 6.93. The van der Waals surface area contributed by atoms with Crippen LogP contribution in [0.5, 0.6) is 0 Å². The summed E-state index contributed by atoms with van der Waals surface area (Å²) in [5.74, 6) is -0.257. The van der Waals surface area contributed by atoms with Crippen molar-refractivity contribution < 1.29 is 13.2 Å². The van der Waals surface area contributed by atoms with Gasteiger partial charge in [-0.3, -0.25) is 9.10 Å². The first-order valence-corrected chi connectivity index (χ1v) is 10.5. The predicted molar refractivity (Wildman–Crippen MR) is 105 cm³/mol. The van der Waals surface area contributed by atoms with Crippen LogP contribution in [0.4, 0.5) is 11.4 Å². The maximum absolute atomic E-state index is 13.0. The fraction of sp³-hybridized carbons (Fsp3) is 0.316. The molecule has 1 heterocycles. The number of sulfonamides is 1. The van der Waals surface area contributed by atoms with Gasteiger partial charge in [0.15, 0.2) is 0 Å². The lowest BCUT2D eigenvalue weighted by molar-refractivity contribution is -0.117. The smallest absolute Gasteiger partial charge is 0.248 e. The quantitative estimate of drug-likeness (QED) is 0.801. The molecule has 5 nitrogen and oxygen atoms in total. The standard InChI is InChI=1S/C19H21ClN2O3S/c1-13-8-9-16(20)11-18(13)21(26(3,24)25)12-19(23)22-14(2)10-15-6-4-5-7-17(15)22/h4-9,11,14H,10,12H2,1-3H3/t14-/m1/s1. The molecule has 0 aromatic heterocycles. The minimum absolute atomic E-state index is 0.0123. The molecule has 138 valence electrons. The summed E-state index contributed by atoms with van der Waals surface area (Å²) in [6, 6.07) is 12.7. The maximum Gasteiger partial charge on any atom is 0.248 e. The first kappa shape index (κ1) is 18.7.